The van der Waals surface area contributed by atoms with E-state index in [2.05, 4.69) is 5.32 Å². The molecule has 2 aromatic carbocycles. The van der Waals surface area contributed by atoms with Gasteiger partial charge in [-0.25, -0.2) is 9.18 Å². The highest BCUT2D eigenvalue weighted by Crippen LogP contribution is 2.34. The van der Waals surface area contributed by atoms with Crippen molar-refractivity contribution in [2.45, 2.75) is 19.8 Å². The predicted octanol–water partition coefficient (Wildman–Crippen LogP) is 4.35. The van der Waals surface area contributed by atoms with E-state index in [4.69, 9.17) is 13.6 Å². The van der Waals surface area contributed by atoms with Crippen LogP contribution in [0.1, 0.15) is 17.5 Å². The molecule has 0 unspecified atom stereocenters. The Bertz CT molecular complexity index is 1300. The smallest absolute Gasteiger partial charge is 0.339 e. The number of fused-ring (bicyclic) bond motifs is 2. The summed E-state index contributed by atoms with van der Waals surface area (Å²) >= 11 is 0. The van der Waals surface area contributed by atoms with Crippen molar-refractivity contribution >= 4 is 27.8 Å². The number of aryl methyl sites for hydroxylation is 1. The summed E-state index contributed by atoms with van der Waals surface area (Å²) in [6.45, 7) is 2.70. The number of amides is 1. The maximum atomic E-state index is 13.3. The van der Waals surface area contributed by atoms with E-state index in [0.29, 0.717) is 29.9 Å². The van der Waals surface area contributed by atoms with Gasteiger partial charge in [-0.15, -0.1) is 0 Å². The van der Waals surface area contributed by atoms with Gasteiger partial charge in [0.15, 0.2) is 0 Å². The summed E-state index contributed by atoms with van der Waals surface area (Å²) in [6, 6.07) is 9.77. The lowest BCUT2D eigenvalue weighted by Crippen LogP contribution is -2.27. The van der Waals surface area contributed by atoms with E-state index in [9.17, 15) is 14.0 Å². The molecule has 0 radical (unpaired) electrons. The lowest BCUT2D eigenvalue weighted by molar-refractivity contribution is -0.121. The molecule has 1 amide bonds. The predicted molar refractivity (Wildman–Crippen MR) is 116 cm³/mol. The van der Waals surface area contributed by atoms with Crippen LogP contribution in [0.2, 0.25) is 0 Å². The van der Waals surface area contributed by atoms with Crippen LogP contribution in [0.5, 0.6) is 0 Å². The third-order valence-corrected chi connectivity index (χ3v) is 5.37. The second-order valence-electron chi connectivity index (χ2n) is 7.34. The van der Waals surface area contributed by atoms with Gasteiger partial charge in [0.2, 0.25) is 5.91 Å². The van der Waals surface area contributed by atoms with Crippen LogP contribution in [0.3, 0.4) is 0 Å². The summed E-state index contributed by atoms with van der Waals surface area (Å²) in [4.78, 5) is 24.5. The monoisotopic (exact) mass is 423 g/mol. The maximum Gasteiger partial charge on any atom is 0.339 e. The number of ether oxygens (including phenoxy) is 1. The average molecular weight is 423 g/mol. The Morgan fingerprint density at radius 1 is 1.13 bits per heavy atom. The molecule has 2 heterocycles. The standard InChI is InChI=1S/C24H22FNO5/c1-14-17(7-8-23(27)26-9-10-29-2)24(28)31-22-12-21-19(11-18(14)22)20(13-30-21)15-3-5-16(25)6-4-15/h3-6,11-13H,7-10H2,1-2H3,(H,26,27). The molecule has 0 saturated heterocycles. The first-order valence-corrected chi connectivity index (χ1v) is 9.97. The SMILES string of the molecule is COCCNC(=O)CCc1c(C)c2cc3c(-c4ccc(F)cc4)coc3cc2oc1=O. The second kappa shape index (κ2) is 8.73. The third-order valence-electron chi connectivity index (χ3n) is 5.37. The highest BCUT2D eigenvalue weighted by molar-refractivity contribution is 6.02. The molecule has 0 aliphatic rings. The number of hydrogen-bond donors (Lipinski definition) is 1. The number of methoxy groups -OCH3 is 1. The van der Waals surface area contributed by atoms with Gasteiger partial charge in [-0.05, 0) is 42.7 Å². The number of hydrogen-bond acceptors (Lipinski definition) is 5. The van der Waals surface area contributed by atoms with Crippen molar-refractivity contribution in [2.75, 3.05) is 20.3 Å². The lowest BCUT2D eigenvalue weighted by atomic mass is 9.99. The van der Waals surface area contributed by atoms with E-state index in [1.165, 1.54) is 12.1 Å². The van der Waals surface area contributed by atoms with Gasteiger partial charge in [0.1, 0.15) is 17.0 Å². The van der Waals surface area contributed by atoms with E-state index in [-0.39, 0.29) is 24.6 Å². The molecule has 0 aliphatic carbocycles. The van der Waals surface area contributed by atoms with Gasteiger partial charge >= 0.3 is 5.63 Å². The summed E-state index contributed by atoms with van der Waals surface area (Å²) in [5.41, 5.74) is 3.41. The molecule has 0 spiro atoms. The van der Waals surface area contributed by atoms with Crippen molar-refractivity contribution in [3.63, 3.8) is 0 Å². The summed E-state index contributed by atoms with van der Waals surface area (Å²) in [5.74, 6) is -0.463. The molecular weight excluding hydrogens is 401 g/mol. The Morgan fingerprint density at radius 3 is 2.65 bits per heavy atom. The molecule has 4 rings (SSSR count). The molecule has 1 N–H and O–H groups in total. The normalized spacial score (nSPS) is 11.3. The van der Waals surface area contributed by atoms with Crippen LogP contribution >= 0.6 is 0 Å². The first kappa shape index (κ1) is 20.8. The van der Waals surface area contributed by atoms with Crippen LogP contribution in [0, 0.1) is 12.7 Å². The molecule has 0 bridgehead atoms. The minimum Gasteiger partial charge on any atom is -0.464 e. The van der Waals surface area contributed by atoms with Crippen molar-refractivity contribution in [3.8, 4) is 11.1 Å². The molecule has 0 aliphatic heterocycles. The van der Waals surface area contributed by atoms with Crippen molar-refractivity contribution < 1.29 is 22.8 Å². The fourth-order valence-electron chi connectivity index (χ4n) is 3.67. The van der Waals surface area contributed by atoms with Crippen molar-refractivity contribution in [3.05, 3.63) is 70.0 Å². The minimum absolute atomic E-state index is 0.153. The molecular formula is C24H22FNO5. The van der Waals surface area contributed by atoms with Gasteiger partial charge in [0, 0.05) is 48.0 Å². The van der Waals surface area contributed by atoms with Crippen LogP contribution in [-0.2, 0) is 16.0 Å². The van der Waals surface area contributed by atoms with Gasteiger partial charge in [-0.3, -0.25) is 4.79 Å². The Hall–Kier alpha value is -3.45. The quantitative estimate of drug-likeness (QED) is 0.353. The van der Waals surface area contributed by atoms with Gasteiger partial charge in [0.25, 0.3) is 0 Å². The van der Waals surface area contributed by atoms with Gasteiger partial charge in [-0.2, -0.15) is 0 Å². The zero-order chi connectivity index (χ0) is 22.0. The molecule has 7 heteroatoms. The number of halogens is 1. The Morgan fingerprint density at radius 2 is 1.90 bits per heavy atom. The van der Waals surface area contributed by atoms with Crippen LogP contribution in [0.15, 0.2) is 56.3 Å². The fraction of sp³-hybridized carbons (Fsp3) is 0.250. The molecule has 160 valence electrons. The lowest BCUT2D eigenvalue weighted by Gasteiger charge is -2.09. The highest BCUT2D eigenvalue weighted by Gasteiger charge is 2.16. The summed E-state index contributed by atoms with van der Waals surface area (Å²) < 4.78 is 29.4. The minimum atomic E-state index is -0.459. The molecule has 0 fully saturated rings. The summed E-state index contributed by atoms with van der Waals surface area (Å²) in [7, 11) is 1.56. The number of rotatable bonds is 7. The fourth-order valence-corrected chi connectivity index (χ4v) is 3.67. The van der Waals surface area contributed by atoms with E-state index < -0.39 is 5.63 Å². The maximum absolute atomic E-state index is 13.3. The van der Waals surface area contributed by atoms with E-state index in [1.54, 1.807) is 31.6 Å². The number of nitrogens with one attached hydrogen (secondary N) is 1. The number of furan rings is 1. The van der Waals surface area contributed by atoms with Crippen LogP contribution in [0.4, 0.5) is 4.39 Å². The summed E-state index contributed by atoms with van der Waals surface area (Å²) in [6.07, 6.45) is 2.06. The Kier molecular flexibility index (Phi) is 5.86. The molecule has 0 saturated carbocycles. The van der Waals surface area contributed by atoms with Crippen molar-refractivity contribution in [1.29, 1.82) is 0 Å². The Balaban J connectivity index is 1.70. The van der Waals surface area contributed by atoms with E-state index >= 15 is 0 Å². The Labute approximate surface area is 177 Å². The van der Waals surface area contributed by atoms with Gasteiger partial charge in [-0.1, -0.05) is 12.1 Å². The van der Waals surface area contributed by atoms with E-state index in [0.717, 1.165) is 27.5 Å². The first-order valence-electron chi connectivity index (χ1n) is 9.97. The second-order valence-corrected chi connectivity index (χ2v) is 7.34. The molecule has 31 heavy (non-hydrogen) atoms. The zero-order valence-corrected chi connectivity index (χ0v) is 17.3. The number of carbonyl (C=O) groups excluding carboxylic acids is 1. The van der Waals surface area contributed by atoms with E-state index in [1.807, 2.05) is 13.0 Å². The summed E-state index contributed by atoms with van der Waals surface area (Å²) in [5, 5.41) is 4.35. The third kappa shape index (κ3) is 4.22. The van der Waals surface area contributed by atoms with Crippen molar-refractivity contribution in [2.24, 2.45) is 0 Å². The molecule has 6 nitrogen and oxygen atoms in total. The van der Waals surface area contributed by atoms with Crippen LogP contribution < -0.4 is 10.9 Å². The highest BCUT2D eigenvalue weighted by atomic mass is 19.1. The first-order chi connectivity index (χ1) is 15.0. The molecule has 0 atom stereocenters. The van der Waals surface area contributed by atoms with Gasteiger partial charge < -0.3 is 18.9 Å². The molecule has 2 aromatic heterocycles. The number of benzene rings is 2. The number of carbonyl (C=O) groups is 1. The van der Waals surface area contributed by atoms with Gasteiger partial charge in [0.05, 0.1) is 12.9 Å². The zero-order valence-electron chi connectivity index (χ0n) is 17.3. The molecule has 4 aromatic rings. The van der Waals surface area contributed by atoms with Crippen LogP contribution in [0.25, 0.3) is 33.1 Å². The topological polar surface area (TPSA) is 81.7 Å². The largest absolute Gasteiger partial charge is 0.464 e. The average Bonchev–Trinajstić information content (AvgIpc) is 3.16. The van der Waals surface area contributed by atoms with Crippen molar-refractivity contribution in [1.82, 2.24) is 5.32 Å². The van der Waals surface area contributed by atoms with Crippen LogP contribution in [-0.4, -0.2) is 26.2 Å².